The third-order valence-electron chi connectivity index (χ3n) is 4.63. The number of benzene rings is 1. The second kappa shape index (κ2) is 6.25. The summed E-state index contributed by atoms with van der Waals surface area (Å²) in [6, 6.07) is 10.9. The number of pyridine rings is 1. The van der Waals surface area contributed by atoms with Crippen molar-refractivity contribution in [2.45, 2.75) is 25.0 Å². The third-order valence-corrected chi connectivity index (χ3v) is 4.63. The molecule has 1 aliphatic rings. The van der Waals surface area contributed by atoms with Gasteiger partial charge in [-0.25, -0.2) is 9.97 Å². The van der Waals surface area contributed by atoms with Crippen LogP contribution in [0.25, 0.3) is 10.9 Å². The Kier molecular flexibility index (Phi) is 3.90. The summed E-state index contributed by atoms with van der Waals surface area (Å²) in [6.07, 6.45) is 4.23. The zero-order chi connectivity index (χ0) is 18.1. The lowest BCUT2D eigenvalue weighted by Gasteiger charge is -2.31. The van der Waals surface area contributed by atoms with E-state index in [1.807, 2.05) is 24.3 Å². The fourth-order valence-corrected chi connectivity index (χ4v) is 3.12. The van der Waals surface area contributed by atoms with Crippen LogP contribution < -0.4 is 5.56 Å². The lowest BCUT2D eigenvalue weighted by atomic mass is 9.94. The Balaban J connectivity index is 1.77. The van der Waals surface area contributed by atoms with Gasteiger partial charge in [-0.3, -0.25) is 9.36 Å². The predicted octanol–water partition coefficient (Wildman–Crippen LogP) is 2.05. The highest BCUT2D eigenvalue weighted by Gasteiger charge is 2.30. The molecule has 3 aromatic rings. The Hall–Kier alpha value is -3.23. The molecule has 0 aliphatic carbocycles. The van der Waals surface area contributed by atoms with Gasteiger partial charge < -0.3 is 5.11 Å². The van der Waals surface area contributed by atoms with E-state index >= 15 is 0 Å². The maximum atomic E-state index is 12.8. The van der Waals surface area contributed by atoms with Gasteiger partial charge in [0.25, 0.3) is 5.56 Å². The van der Waals surface area contributed by atoms with E-state index in [0.29, 0.717) is 35.3 Å². The second-order valence-corrected chi connectivity index (χ2v) is 6.42. The maximum Gasteiger partial charge on any atom is 0.261 e. The van der Waals surface area contributed by atoms with Gasteiger partial charge in [0, 0.05) is 18.2 Å². The minimum Gasteiger partial charge on any atom is -0.384 e. The van der Waals surface area contributed by atoms with E-state index in [4.69, 9.17) is 0 Å². The van der Waals surface area contributed by atoms with Gasteiger partial charge in [0.05, 0.1) is 17.4 Å². The summed E-state index contributed by atoms with van der Waals surface area (Å²) in [6.45, 7) is 3.86. The molecule has 1 N–H and O–H groups in total. The van der Waals surface area contributed by atoms with Gasteiger partial charge in [0.15, 0.2) is 0 Å². The summed E-state index contributed by atoms with van der Waals surface area (Å²) in [5.41, 5.74) is 0.890. The molecule has 0 saturated carbocycles. The van der Waals surface area contributed by atoms with Gasteiger partial charge in [0.1, 0.15) is 17.1 Å². The number of hydrogen-bond acceptors (Lipinski definition) is 4. The molecule has 5 heteroatoms. The Morgan fingerprint density at radius 2 is 2.15 bits per heavy atom. The van der Waals surface area contributed by atoms with Crippen LogP contribution in [0.2, 0.25) is 0 Å². The zero-order valence-electron chi connectivity index (χ0n) is 14.1. The maximum absolute atomic E-state index is 12.8. The average molecular weight is 343 g/mol. The van der Waals surface area contributed by atoms with E-state index in [-0.39, 0.29) is 12.1 Å². The van der Waals surface area contributed by atoms with E-state index < -0.39 is 5.60 Å². The SMILES string of the molecule is C=CC1(O)CCc2nc3cc(C#Cc4ccccn4)ccc3c(=O)n2C1. The number of aromatic nitrogens is 3. The smallest absolute Gasteiger partial charge is 0.261 e. The van der Waals surface area contributed by atoms with Crippen LogP contribution in [-0.2, 0) is 13.0 Å². The van der Waals surface area contributed by atoms with Crippen LogP contribution in [0.3, 0.4) is 0 Å². The molecule has 1 aromatic carbocycles. The Labute approximate surface area is 150 Å². The molecule has 1 atom stereocenters. The summed E-state index contributed by atoms with van der Waals surface area (Å²) in [7, 11) is 0. The Bertz CT molecular complexity index is 1120. The van der Waals surface area contributed by atoms with Crippen LogP contribution in [0.1, 0.15) is 23.5 Å². The number of hydrogen-bond donors (Lipinski definition) is 1. The average Bonchev–Trinajstić information content (AvgIpc) is 2.68. The van der Waals surface area contributed by atoms with E-state index in [1.165, 1.54) is 6.08 Å². The van der Waals surface area contributed by atoms with Gasteiger partial charge in [-0.2, -0.15) is 0 Å². The van der Waals surface area contributed by atoms with Crippen LogP contribution in [0, 0.1) is 11.8 Å². The number of nitrogens with zero attached hydrogens (tertiary/aromatic N) is 3. The zero-order valence-corrected chi connectivity index (χ0v) is 14.1. The van der Waals surface area contributed by atoms with Crippen molar-refractivity contribution in [1.29, 1.82) is 0 Å². The van der Waals surface area contributed by atoms with Crippen molar-refractivity contribution in [2.75, 3.05) is 0 Å². The molecule has 4 rings (SSSR count). The van der Waals surface area contributed by atoms with Gasteiger partial charge >= 0.3 is 0 Å². The fourth-order valence-electron chi connectivity index (χ4n) is 3.12. The lowest BCUT2D eigenvalue weighted by molar-refractivity contribution is 0.0491. The van der Waals surface area contributed by atoms with Crippen LogP contribution in [0.5, 0.6) is 0 Å². The molecular weight excluding hydrogens is 326 g/mol. The molecule has 128 valence electrons. The molecule has 26 heavy (non-hydrogen) atoms. The molecule has 0 radical (unpaired) electrons. The second-order valence-electron chi connectivity index (χ2n) is 6.42. The number of fused-ring (bicyclic) bond motifs is 2. The minimum atomic E-state index is -1.06. The molecule has 0 amide bonds. The van der Waals surface area contributed by atoms with E-state index in [9.17, 15) is 9.90 Å². The molecular formula is C21H17N3O2. The normalized spacial score (nSPS) is 18.7. The number of aryl methyl sites for hydroxylation is 1. The fraction of sp³-hybridized carbons (Fsp3) is 0.190. The van der Waals surface area contributed by atoms with Crippen molar-refractivity contribution in [2.24, 2.45) is 0 Å². The number of aliphatic hydroxyl groups is 1. The Morgan fingerprint density at radius 1 is 1.27 bits per heavy atom. The molecule has 1 unspecified atom stereocenters. The van der Waals surface area contributed by atoms with Crippen molar-refractivity contribution in [3.05, 3.63) is 82.7 Å². The Morgan fingerprint density at radius 3 is 2.92 bits per heavy atom. The van der Waals surface area contributed by atoms with E-state index in [1.54, 1.807) is 22.9 Å². The summed E-state index contributed by atoms with van der Waals surface area (Å²) >= 11 is 0. The number of rotatable bonds is 1. The minimum absolute atomic E-state index is 0.144. The molecule has 0 fully saturated rings. The van der Waals surface area contributed by atoms with Crippen molar-refractivity contribution < 1.29 is 5.11 Å². The quantitative estimate of drug-likeness (QED) is 0.542. The first-order valence-corrected chi connectivity index (χ1v) is 8.40. The molecule has 2 aromatic heterocycles. The first kappa shape index (κ1) is 16.2. The van der Waals surface area contributed by atoms with Crippen LogP contribution in [0.4, 0.5) is 0 Å². The van der Waals surface area contributed by atoms with Gasteiger partial charge in [0.2, 0.25) is 0 Å². The molecule has 5 nitrogen and oxygen atoms in total. The summed E-state index contributed by atoms with van der Waals surface area (Å²) in [5.74, 6) is 6.75. The summed E-state index contributed by atoms with van der Waals surface area (Å²) < 4.78 is 1.55. The van der Waals surface area contributed by atoms with Crippen LogP contribution in [-0.4, -0.2) is 25.2 Å². The molecule has 0 bridgehead atoms. The van der Waals surface area contributed by atoms with Gasteiger partial charge in [-0.15, -0.1) is 6.58 Å². The van der Waals surface area contributed by atoms with E-state index in [2.05, 4.69) is 28.4 Å². The molecule has 0 saturated heterocycles. The van der Waals surface area contributed by atoms with Crippen molar-refractivity contribution in [3.8, 4) is 11.8 Å². The largest absolute Gasteiger partial charge is 0.384 e. The van der Waals surface area contributed by atoms with Crippen molar-refractivity contribution in [3.63, 3.8) is 0 Å². The van der Waals surface area contributed by atoms with Crippen LogP contribution in [0.15, 0.2) is 60.0 Å². The van der Waals surface area contributed by atoms with E-state index in [0.717, 1.165) is 5.56 Å². The monoisotopic (exact) mass is 343 g/mol. The predicted molar refractivity (Wildman–Crippen MR) is 99.7 cm³/mol. The lowest BCUT2D eigenvalue weighted by Crippen LogP contribution is -2.42. The highest BCUT2D eigenvalue weighted by Crippen LogP contribution is 2.24. The molecule has 1 aliphatic heterocycles. The van der Waals surface area contributed by atoms with Crippen LogP contribution >= 0.6 is 0 Å². The first-order valence-electron chi connectivity index (χ1n) is 8.40. The highest BCUT2D eigenvalue weighted by atomic mass is 16.3. The standard InChI is InChI=1S/C21H17N3O2/c1-2-21(26)11-10-19-23-18-13-15(6-8-16-5-3-4-12-22-16)7-9-17(18)20(25)24(19)14-21/h2-5,7,9,12-13,26H,1,10-11,14H2. The van der Waals surface area contributed by atoms with Crippen molar-refractivity contribution >= 4 is 10.9 Å². The summed E-state index contributed by atoms with van der Waals surface area (Å²) in [4.78, 5) is 21.6. The van der Waals surface area contributed by atoms with Gasteiger partial charge in [-0.1, -0.05) is 18.1 Å². The summed E-state index contributed by atoms with van der Waals surface area (Å²) in [5, 5.41) is 10.9. The van der Waals surface area contributed by atoms with Crippen molar-refractivity contribution in [1.82, 2.24) is 14.5 Å². The molecule has 3 heterocycles. The van der Waals surface area contributed by atoms with Gasteiger partial charge in [-0.05, 0) is 42.7 Å². The topological polar surface area (TPSA) is 68.0 Å². The third kappa shape index (κ3) is 2.92. The first-order chi connectivity index (χ1) is 12.6. The molecule has 0 spiro atoms. The highest BCUT2D eigenvalue weighted by molar-refractivity contribution is 5.79.